The van der Waals surface area contributed by atoms with E-state index in [1.165, 1.54) is 16.3 Å². The van der Waals surface area contributed by atoms with Gasteiger partial charge < -0.3 is 4.74 Å². The van der Waals surface area contributed by atoms with Gasteiger partial charge in [-0.3, -0.25) is 4.90 Å². The third-order valence-corrected chi connectivity index (χ3v) is 8.48. The van der Waals surface area contributed by atoms with Gasteiger partial charge in [0.15, 0.2) is 9.84 Å². The van der Waals surface area contributed by atoms with Gasteiger partial charge >= 0.3 is 0 Å². The maximum Gasteiger partial charge on any atom is 0.158 e. The zero-order valence-electron chi connectivity index (χ0n) is 14.6. The lowest BCUT2D eigenvalue weighted by atomic mass is 9.83. The van der Waals surface area contributed by atoms with Crippen molar-refractivity contribution in [3.8, 4) is 0 Å². The summed E-state index contributed by atoms with van der Waals surface area (Å²) in [7, 11) is -3.02. The smallest absolute Gasteiger partial charge is 0.158 e. The molecule has 2 aliphatic rings. The number of nitrogens with zero attached hydrogens (tertiary/aromatic N) is 1. The van der Waals surface area contributed by atoms with Crippen molar-refractivity contribution in [3.05, 3.63) is 48.0 Å². The molecule has 2 aromatic rings. The minimum absolute atomic E-state index is 0.140. The highest BCUT2D eigenvalue weighted by molar-refractivity contribution is 7.93. The maximum atomic E-state index is 12.7. The molecule has 2 saturated heterocycles. The quantitative estimate of drug-likeness (QED) is 0.824. The summed E-state index contributed by atoms with van der Waals surface area (Å²) in [5, 5.41) is 2.49. The van der Waals surface area contributed by atoms with Crippen LogP contribution in [0.2, 0.25) is 0 Å². The Morgan fingerprint density at radius 2 is 1.92 bits per heavy atom. The molecular formula is C20H25NO3S. The summed E-state index contributed by atoms with van der Waals surface area (Å²) in [6, 6.07) is 14.7. The second-order valence-corrected chi connectivity index (χ2v) is 9.76. The number of hydrogen-bond acceptors (Lipinski definition) is 4. The van der Waals surface area contributed by atoms with E-state index >= 15 is 0 Å². The van der Waals surface area contributed by atoms with Crippen LogP contribution in [-0.4, -0.2) is 50.1 Å². The average molecular weight is 359 g/mol. The van der Waals surface area contributed by atoms with E-state index in [1.54, 1.807) is 0 Å². The third kappa shape index (κ3) is 2.78. The van der Waals surface area contributed by atoms with Crippen LogP contribution in [0.25, 0.3) is 10.8 Å². The Bertz CT molecular complexity index is 866. The van der Waals surface area contributed by atoms with Gasteiger partial charge in [0.05, 0.1) is 12.4 Å². The summed E-state index contributed by atoms with van der Waals surface area (Å²) < 4.78 is 30.3. The monoisotopic (exact) mass is 359 g/mol. The van der Waals surface area contributed by atoms with E-state index in [9.17, 15) is 8.42 Å². The standard InChI is InChI=1S/C20H25NO3S/c1-2-24-13-18-10-11-25(22,23)20(18)14-21(15-20)12-17-8-5-7-16-6-3-4-9-19(16)17/h3-9,18H,2,10-15H2,1H3/t18-/m0/s1. The van der Waals surface area contributed by atoms with Crippen LogP contribution in [0.1, 0.15) is 18.9 Å². The molecule has 4 nitrogen and oxygen atoms in total. The molecule has 2 heterocycles. The Morgan fingerprint density at radius 1 is 1.16 bits per heavy atom. The topological polar surface area (TPSA) is 46.6 Å². The van der Waals surface area contributed by atoms with E-state index < -0.39 is 14.6 Å². The number of benzene rings is 2. The minimum Gasteiger partial charge on any atom is -0.381 e. The number of likely N-dealkylation sites (tertiary alicyclic amines) is 1. The molecule has 134 valence electrons. The molecule has 0 aliphatic carbocycles. The lowest BCUT2D eigenvalue weighted by Crippen LogP contribution is -2.67. The molecule has 2 aliphatic heterocycles. The van der Waals surface area contributed by atoms with Gasteiger partial charge in [-0.15, -0.1) is 0 Å². The van der Waals surface area contributed by atoms with Gasteiger partial charge in [0.1, 0.15) is 4.75 Å². The van der Waals surface area contributed by atoms with Crippen LogP contribution in [0.15, 0.2) is 42.5 Å². The molecule has 0 unspecified atom stereocenters. The summed E-state index contributed by atoms with van der Waals surface area (Å²) >= 11 is 0. The molecule has 0 aromatic heterocycles. The van der Waals surface area contributed by atoms with Crippen LogP contribution in [0.3, 0.4) is 0 Å². The first kappa shape index (κ1) is 17.0. The van der Waals surface area contributed by atoms with E-state index in [1.807, 2.05) is 13.0 Å². The Hall–Kier alpha value is -1.43. The van der Waals surface area contributed by atoms with Crippen molar-refractivity contribution in [2.24, 2.45) is 5.92 Å². The second-order valence-electron chi connectivity index (χ2n) is 7.31. The van der Waals surface area contributed by atoms with E-state index in [0.29, 0.717) is 32.1 Å². The Balaban J connectivity index is 1.52. The van der Waals surface area contributed by atoms with E-state index in [4.69, 9.17) is 4.74 Å². The van der Waals surface area contributed by atoms with Crippen LogP contribution in [-0.2, 0) is 21.1 Å². The van der Waals surface area contributed by atoms with Crippen molar-refractivity contribution in [1.82, 2.24) is 4.90 Å². The molecule has 2 aromatic carbocycles. The Morgan fingerprint density at radius 3 is 2.72 bits per heavy atom. The fourth-order valence-electron chi connectivity index (χ4n) is 4.46. The summed E-state index contributed by atoms with van der Waals surface area (Å²) in [4.78, 5) is 2.27. The van der Waals surface area contributed by atoms with Gasteiger partial charge in [-0.2, -0.15) is 0 Å². The maximum absolute atomic E-state index is 12.7. The summed E-state index contributed by atoms with van der Waals surface area (Å²) in [5.41, 5.74) is 1.27. The molecular weight excluding hydrogens is 334 g/mol. The van der Waals surface area contributed by atoms with Crippen molar-refractivity contribution in [3.63, 3.8) is 0 Å². The summed E-state index contributed by atoms with van der Waals surface area (Å²) in [5.74, 6) is 0.452. The molecule has 0 saturated carbocycles. The zero-order valence-corrected chi connectivity index (χ0v) is 15.5. The van der Waals surface area contributed by atoms with Crippen LogP contribution >= 0.6 is 0 Å². The fraction of sp³-hybridized carbons (Fsp3) is 0.500. The van der Waals surface area contributed by atoms with Crippen LogP contribution in [0.4, 0.5) is 0 Å². The van der Waals surface area contributed by atoms with Gasteiger partial charge in [-0.05, 0) is 29.7 Å². The number of rotatable bonds is 5. The predicted octanol–water partition coefficient (Wildman–Crippen LogP) is 2.87. The first-order chi connectivity index (χ1) is 12.1. The number of sulfone groups is 1. The molecule has 0 amide bonds. The van der Waals surface area contributed by atoms with Crippen molar-refractivity contribution in [1.29, 1.82) is 0 Å². The SMILES string of the molecule is CCOC[C@@H]1CCS(=O)(=O)C12CN(Cc1cccc3ccccc13)C2. The Labute approximate surface area is 149 Å². The van der Waals surface area contributed by atoms with Gasteiger partial charge in [0.2, 0.25) is 0 Å². The van der Waals surface area contributed by atoms with Gasteiger partial charge in [0.25, 0.3) is 0 Å². The molecule has 2 fully saturated rings. The predicted molar refractivity (Wildman–Crippen MR) is 100 cm³/mol. The highest BCUT2D eigenvalue weighted by atomic mass is 32.2. The molecule has 5 heteroatoms. The van der Waals surface area contributed by atoms with Gasteiger partial charge in [-0.25, -0.2) is 8.42 Å². The lowest BCUT2D eigenvalue weighted by molar-refractivity contribution is 0.0294. The van der Waals surface area contributed by atoms with E-state index in [2.05, 4.69) is 41.3 Å². The first-order valence-corrected chi connectivity index (χ1v) is 10.7. The van der Waals surface area contributed by atoms with Crippen LogP contribution < -0.4 is 0 Å². The summed E-state index contributed by atoms with van der Waals surface area (Å²) in [6.45, 7) is 5.25. The molecule has 0 bridgehead atoms. The minimum atomic E-state index is -3.02. The molecule has 25 heavy (non-hydrogen) atoms. The molecule has 0 N–H and O–H groups in total. The van der Waals surface area contributed by atoms with Crippen molar-refractivity contribution in [2.75, 3.05) is 32.1 Å². The average Bonchev–Trinajstić information content (AvgIpc) is 2.84. The lowest BCUT2D eigenvalue weighted by Gasteiger charge is -2.50. The van der Waals surface area contributed by atoms with Crippen molar-refractivity contribution in [2.45, 2.75) is 24.6 Å². The van der Waals surface area contributed by atoms with Crippen molar-refractivity contribution < 1.29 is 13.2 Å². The number of hydrogen-bond donors (Lipinski definition) is 0. The molecule has 1 spiro atoms. The van der Waals surface area contributed by atoms with E-state index in [0.717, 1.165) is 13.0 Å². The number of ether oxygens (including phenoxy) is 1. The molecule has 4 rings (SSSR count). The Kier molecular flexibility index (Phi) is 4.34. The van der Waals surface area contributed by atoms with Crippen molar-refractivity contribution >= 4 is 20.6 Å². The second kappa shape index (κ2) is 6.38. The fourth-order valence-corrected chi connectivity index (χ4v) is 6.92. The third-order valence-electron chi connectivity index (χ3n) is 5.88. The molecule has 1 atom stereocenters. The van der Waals surface area contributed by atoms with E-state index in [-0.39, 0.29) is 5.92 Å². The van der Waals surface area contributed by atoms with Gasteiger partial charge in [0, 0.05) is 32.2 Å². The number of fused-ring (bicyclic) bond motifs is 1. The highest BCUT2D eigenvalue weighted by Gasteiger charge is 2.61. The summed E-state index contributed by atoms with van der Waals surface area (Å²) in [6.07, 6.45) is 0.741. The largest absolute Gasteiger partial charge is 0.381 e. The first-order valence-electron chi connectivity index (χ1n) is 9.05. The van der Waals surface area contributed by atoms with Crippen LogP contribution in [0, 0.1) is 5.92 Å². The highest BCUT2D eigenvalue weighted by Crippen LogP contribution is 2.45. The normalized spacial score (nSPS) is 24.6. The van der Waals surface area contributed by atoms with Crippen LogP contribution in [0.5, 0.6) is 0 Å². The zero-order chi connectivity index (χ0) is 17.5. The molecule has 0 radical (unpaired) electrons. The van der Waals surface area contributed by atoms with Gasteiger partial charge in [-0.1, -0.05) is 42.5 Å².